The second-order valence-corrected chi connectivity index (χ2v) is 4.65. The standard InChI is InChI=1S/C17H11N3O2/c1-2-6-12(7-3-1)17-18-15(13-8-4-10-21-13)16(19-20-17)14-9-5-11-22-14/h1-11H. The van der Waals surface area contributed by atoms with E-state index in [0.717, 1.165) is 5.56 Å². The van der Waals surface area contributed by atoms with Gasteiger partial charge in [0, 0.05) is 5.56 Å². The van der Waals surface area contributed by atoms with Crippen LogP contribution >= 0.6 is 0 Å². The Hall–Kier alpha value is -3.21. The van der Waals surface area contributed by atoms with Gasteiger partial charge in [-0.3, -0.25) is 0 Å². The first-order valence-corrected chi connectivity index (χ1v) is 6.80. The molecule has 0 spiro atoms. The van der Waals surface area contributed by atoms with Crippen LogP contribution < -0.4 is 0 Å². The average molecular weight is 289 g/mol. The summed E-state index contributed by atoms with van der Waals surface area (Å²) >= 11 is 0. The van der Waals surface area contributed by atoms with E-state index < -0.39 is 0 Å². The molecule has 0 unspecified atom stereocenters. The van der Waals surface area contributed by atoms with Crippen LogP contribution in [0.1, 0.15) is 0 Å². The maximum atomic E-state index is 5.48. The molecule has 0 aliphatic rings. The molecule has 3 heterocycles. The molecule has 4 rings (SSSR count). The first-order valence-electron chi connectivity index (χ1n) is 6.80. The smallest absolute Gasteiger partial charge is 0.182 e. The minimum Gasteiger partial charge on any atom is -0.463 e. The van der Waals surface area contributed by atoms with Crippen molar-refractivity contribution >= 4 is 0 Å². The van der Waals surface area contributed by atoms with Gasteiger partial charge in [-0.25, -0.2) is 4.98 Å². The Kier molecular flexibility index (Phi) is 3.01. The Balaban J connectivity index is 1.91. The molecule has 4 aromatic rings. The zero-order valence-electron chi connectivity index (χ0n) is 11.5. The highest BCUT2D eigenvalue weighted by molar-refractivity contribution is 5.73. The fourth-order valence-corrected chi connectivity index (χ4v) is 2.20. The van der Waals surface area contributed by atoms with Crippen molar-refractivity contribution in [2.75, 3.05) is 0 Å². The van der Waals surface area contributed by atoms with Gasteiger partial charge in [0.15, 0.2) is 23.0 Å². The van der Waals surface area contributed by atoms with Gasteiger partial charge < -0.3 is 8.83 Å². The van der Waals surface area contributed by atoms with E-state index in [1.165, 1.54) is 0 Å². The number of aromatic nitrogens is 3. The van der Waals surface area contributed by atoms with Crippen LogP contribution in [0.25, 0.3) is 34.3 Å². The van der Waals surface area contributed by atoms with Gasteiger partial charge in [-0.1, -0.05) is 30.3 Å². The van der Waals surface area contributed by atoms with Crippen molar-refractivity contribution in [3.05, 3.63) is 67.1 Å². The van der Waals surface area contributed by atoms with Crippen LogP contribution in [0.2, 0.25) is 0 Å². The van der Waals surface area contributed by atoms with Crippen LogP contribution in [-0.2, 0) is 0 Å². The second kappa shape index (κ2) is 5.29. The van der Waals surface area contributed by atoms with Crippen molar-refractivity contribution < 1.29 is 8.83 Å². The second-order valence-electron chi connectivity index (χ2n) is 4.65. The molecular weight excluding hydrogens is 278 g/mol. The van der Waals surface area contributed by atoms with E-state index in [-0.39, 0.29) is 0 Å². The predicted molar refractivity (Wildman–Crippen MR) is 80.7 cm³/mol. The third kappa shape index (κ3) is 2.18. The van der Waals surface area contributed by atoms with Gasteiger partial charge in [0.2, 0.25) is 0 Å². The molecule has 0 aliphatic carbocycles. The van der Waals surface area contributed by atoms with Gasteiger partial charge >= 0.3 is 0 Å². The summed E-state index contributed by atoms with van der Waals surface area (Å²) in [5.74, 6) is 1.77. The molecule has 22 heavy (non-hydrogen) atoms. The van der Waals surface area contributed by atoms with Gasteiger partial charge in [-0.2, -0.15) is 0 Å². The first-order chi connectivity index (χ1) is 10.9. The molecule has 5 heteroatoms. The average Bonchev–Trinajstić information content (AvgIpc) is 3.29. The third-order valence-corrected chi connectivity index (χ3v) is 3.23. The molecule has 0 amide bonds. The molecule has 0 atom stereocenters. The molecule has 0 saturated carbocycles. The number of rotatable bonds is 3. The van der Waals surface area contributed by atoms with Crippen molar-refractivity contribution in [3.63, 3.8) is 0 Å². The summed E-state index contributed by atoms with van der Waals surface area (Å²) in [6.07, 6.45) is 3.19. The minimum absolute atomic E-state index is 0.544. The maximum absolute atomic E-state index is 5.48. The van der Waals surface area contributed by atoms with Crippen LogP contribution in [-0.4, -0.2) is 15.2 Å². The first kappa shape index (κ1) is 12.5. The highest BCUT2D eigenvalue weighted by Crippen LogP contribution is 2.30. The van der Waals surface area contributed by atoms with E-state index in [2.05, 4.69) is 15.2 Å². The summed E-state index contributed by atoms with van der Waals surface area (Å²) in [4.78, 5) is 4.61. The van der Waals surface area contributed by atoms with Crippen molar-refractivity contribution in [1.82, 2.24) is 15.2 Å². The highest BCUT2D eigenvalue weighted by atomic mass is 16.3. The van der Waals surface area contributed by atoms with Gasteiger partial charge in [-0.05, 0) is 24.3 Å². The number of nitrogens with zero attached hydrogens (tertiary/aromatic N) is 3. The van der Waals surface area contributed by atoms with Crippen molar-refractivity contribution in [1.29, 1.82) is 0 Å². The van der Waals surface area contributed by atoms with E-state index >= 15 is 0 Å². The lowest BCUT2D eigenvalue weighted by atomic mass is 10.2. The number of benzene rings is 1. The molecule has 0 saturated heterocycles. The molecule has 0 fully saturated rings. The molecule has 106 valence electrons. The summed E-state index contributed by atoms with van der Waals surface area (Å²) in [5.41, 5.74) is 2.06. The molecule has 5 nitrogen and oxygen atoms in total. The number of hydrogen-bond acceptors (Lipinski definition) is 5. The number of furan rings is 2. The number of hydrogen-bond donors (Lipinski definition) is 0. The maximum Gasteiger partial charge on any atom is 0.182 e. The Morgan fingerprint density at radius 3 is 1.95 bits per heavy atom. The SMILES string of the molecule is c1ccc(-c2nnc(-c3ccco3)c(-c3ccco3)n2)cc1. The van der Waals surface area contributed by atoms with E-state index in [9.17, 15) is 0 Å². The van der Waals surface area contributed by atoms with Gasteiger partial charge in [0.1, 0.15) is 5.69 Å². The summed E-state index contributed by atoms with van der Waals surface area (Å²) in [5, 5.41) is 8.50. The predicted octanol–water partition coefficient (Wildman–Crippen LogP) is 4.06. The van der Waals surface area contributed by atoms with Crippen LogP contribution in [0.4, 0.5) is 0 Å². The van der Waals surface area contributed by atoms with Gasteiger partial charge in [-0.15, -0.1) is 10.2 Å². The summed E-state index contributed by atoms with van der Waals surface area (Å²) in [6, 6.07) is 17.0. The molecule has 0 aliphatic heterocycles. The molecule has 0 N–H and O–H groups in total. The minimum atomic E-state index is 0.544. The fraction of sp³-hybridized carbons (Fsp3) is 0. The van der Waals surface area contributed by atoms with Crippen LogP contribution in [0.3, 0.4) is 0 Å². The monoisotopic (exact) mass is 289 g/mol. The zero-order valence-corrected chi connectivity index (χ0v) is 11.5. The van der Waals surface area contributed by atoms with E-state index in [1.54, 1.807) is 18.6 Å². The lowest BCUT2D eigenvalue weighted by Crippen LogP contribution is -1.98. The largest absolute Gasteiger partial charge is 0.463 e. The molecule has 3 aromatic heterocycles. The Bertz CT molecular complexity index is 870. The molecule has 0 radical (unpaired) electrons. The Labute approximate surface area is 126 Å². The van der Waals surface area contributed by atoms with Crippen molar-refractivity contribution in [2.45, 2.75) is 0 Å². The van der Waals surface area contributed by atoms with E-state index in [1.807, 2.05) is 48.5 Å². The van der Waals surface area contributed by atoms with Gasteiger partial charge in [0.05, 0.1) is 12.5 Å². The molecule has 1 aromatic carbocycles. The molecule has 0 bridgehead atoms. The summed E-state index contributed by atoms with van der Waals surface area (Å²) in [7, 11) is 0. The van der Waals surface area contributed by atoms with Crippen molar-refractivity contribution in [2.24, 2.45) is 0 Å². The summed E-state index contributed by atoms with van der Waals surface area (Å²) in [6.45, 7) is 0. The van der Waals surface area contributed by atoms with Crippen LogP contribution in [0.5, 0.6) is 0 Å². The van der Waals surface area contributed by atoms with E-state index in [4.69, 9.17) is 8.83 Å². The Morgan fingerprint density at radius 2 is 1.32 bits per heavy atom. The van der Waals surface area contributed by atoms with Crippen molar-refractivity contribution in [3.8, 4) is 34.3 Å². The molecular formula is C17H11N3O2. The zero-order chi connectivity index (χ0) is 14.8. The van der Waals surface area contributed by atoms with E-state index in [0.29, 0.717) is 28.7 Å². The topological polar surface area (TPSA) is 65.0 Å². The van der Waals surface area contributed by atoms with Crippen LogP contribution in [0.15, 0.2) is 76.0 Å². The third-order valence-electron chi connectivity index (χ3n) is 3.23. The summed E-state index contributed by atoms with van der Waals surface area (Å²) < 4.78 is 10.9. The van der Waals surface area contributed by atoms with Gasteiger partial charge in [0.25, 0.3) is 0 Å². The van der Waals surface area contributed by atoms with Crippen LogP contribution in [0, 0.1) is 0 Å². The quantitative estimate of drug-likeness (QED) is 0.569. The lowest BCUT2D eigenvalue weighted by Gasteiger charge is -2.05. The Morgan fingerprint density at radius 1 is 0.636 bits per heavy atom. The highest BCUT2D eigenvalue weighted by Gasteiger charge is 2.17. The normalized spacial score (nSPS) is 10.7. The lowest BCUT2D eigenvalue weighted by molar-refractivity contribution is 0.570. The fourth-order valence-electron chi connectivity index (χ4n) is 2.20.